The summed E-state index contributed by atoms with van der Waals surface area (Å²) in [4.78, 5) is 15.8. The Balaban J connectivity index is 1.79. The minimum atomic E-state index is 0.124. The van der Waals surface area contributed by atoms with E-state index in [1.54, 1.807) is 11.3 Å². The molecule has 1 aromatic carbocycles. The summed E-state index contributed by atoms with van der Waals surface area (Å²) >= 11 is 1.70. The van der Waals surface area contributed by atoms with E-state index >= 15 is 0 Å². The first-order chi connectivity index (χ1) is 10.3. The molecule has 0 aliphatic carbocycles. The van der Waals surface area contributed by atoms with Gasteiger partial charge in [-0.15, -0.1) is 11.3 Å². The Bertz CT molecular complexity index is 622. The molecule has 3 rings (SSSR count). The first kappa shape index (κ1) is 14.3. The zero-order chi connectivity index (χ0) is 14.7. The van der Waals surface area contributed by atoms with E-state index in [9.17, 15) is 4.79 Å². The van der Waals surface area contributed by atoms with E-state index in [1.165, 1.54) is 16.0 Å². The lowest BCUT2D eigenvalue weighted by Crippen LogP contribution is -2.30. The third kappa shape index (κ3) is 3.17. The van der Waals surface area contributed by atoms with Gasteiger partial charge in [0.2, 0.25) is 0 Å². The number of hydrogen-bond acceptors (Lipinski definition) is 3. The molecule has 1 aromatic heterocycles. The lowest BCUT2D eigenvalue weighted by Gasteiger charge is -2.22. The van der Waals surface area contributed by atoms with Gasteiger partial charge < -0.3 is 10.2 Å². The predicted molar refractivity (Wildman–Crippen MR) is 86.6 cm³/mol. The Morgan fingerprint density at radius 2 is 2.24 bits per heavy atom. The molecule has 0 saturated carbocycles. The molecule has 1 aliphatic heterocycles. The fourth-order valence-electron chi connectivity index (χ4n) is 2.71. The van der Waals surface area contributed by atoms with Crippen LogP contribution in [0.2, 0.25) is 0 Å². The minimum Gasteiger partial charge on any atom is -0.334 e. The van der Waals surface area contributed by atoms with Crippen molar-refractivity contribution in [3.8, 4) is 0 Å². The molecule has 1 aliphatic rings. The molecular weight excluding hydrogens is 280 g/mol. The van der Waals surface area contributed by atoms with E-state index in [2.05, 4.69) is 28.9 Å². The van der Waals surface area contributed by atoms with Crippen LogP contribution in [0, 0.1) is 0 Å². The van der Waals surface area contributed by atoms with Gasteiger partial charge in [-0.3, -0.25) is 4.79 Å². The molecule has 0 spiro atoms. The van der Waals surface area contributed by atoms with Gasteiger partial charge in [0, 0.05) is 23.5 Å². The van der Waals surface area contributed by atoms with Crippen molar-refractivity contribution in [1.29, 1.82) is 0 Å². The molecule has 0 bridgehead atoms. The van der Waals surface area contributed by atoms with Crippen molar-refractivity contribution in [1.82, 2.24) is 10.2 Å². The number of nitrogens with one attached hydrogen (secondary N) is 1. The first-order valence-corrected chi connectivity index (χ1v) is 8.30. The molecule has 0 radical (unpaired) electrons. The first-order valence-electron chi connectivity index (χ1n) is 7.42. The van der Waals surface area contributed by atoms with Crippen molar-refractivity contribution in [2.24, 2.45) is 0 Å². The van der Waals surface area contributed by atoms with E-state index in [-0.39, 0.29) is 5.91 Å². The van der Waals surface area contributed by atoms with Crippen molar-refractivity contribution in [2.75, 3.05) is 13.1 Å². The Morgan fingerprint density at radius 3 is 3.00 bits per heavy atom. The third-order valence-corrected chi connectivity index (χ3v) is 4.80. The van der Waals surface area contributed by atoms with Crippen molar-refractivity contribution in [3.63, 3.8) is 0 Å². The van der Waals surface area contributed by atoms with Crippen molar-refractivity contribution >= 4 is 17.2 Å². The molecular formula is C17H20N2OS. The lowest BCUT2D eigenvalue weighted by atomic mass is 9.98. The van der Waals surface area contributed by atoms with Crippen LogP contribution >= 0.6 is 11.3 Å². The predicted octanol–water partition coefficient (Wildman–Crippen LogP) is 3.06. The van der Waals surface area contributed by atoms with Gasteiger partial charge in [-0.1, -0.05) is 12.1 Å². The number of carbonyl (C=O) groups excluding carboxylic acids is 1. The maximum absolute atomic E-state index is 12.7. The molecule has 3 nitrogen and oxygen atoms in total. The van der Waals surface area contributed by atoms with E-state index in [0.29, 0.717) is 6.54 Å². The van der Waals surface area contributed by atoms with E-state index in [4.69, 9.17) is 0 Å². The lowest BCUT2D eigenvalue weighted by molar-refractivity contribution is 0.0754. The number of hydrogen-bond donors (Lipinski definition) is 1. The van der Waals surface area contributed by atoms with Gasteiger partial charge in [-0.2, -0.15) is 0 Å². The normalized spacial score (nSPS) is 13.8. The zero-order valence-corrected chi connectivity index (χ0v) is 13.1. The number of nitrogens with zero attached hydrogens (tertiary/aromatic N) is 1. The van der Waals surface area contributed by atoms with Gasteiger partial charge in [-0.05, 0) is 54.6 Å². The minimum absolute atomic E-state index is 0.124. The van der Waals surface area contributed by atoms with Gasteiger partial charge in [-0.25, -0.2) is 0 Å². The van der Waals surface area contributed by atoms with Crippen molar-refractivity contribution in [3.05, 3.63) is 57.3 Å². The summed E-state index contributed by atoms with van der Waals surface area (Å²) in [6.07, 6.45) is 1.05. The van der Waals surface area contributed by atoms with Crippen molar-refractivity contribution in [2.45, 2.75) is 26.4 Å². The highest BCUT2D eigenvalue weighted by atomic mass is 32.1. The smallest absolute Gasteiger partial charge is 0.254 e. The summed E-state index contributed by atoms with van der Waals surface area (Å²) < 4.78 is 0. The Morgan fingerprint density at radius 1 is 1.33 bits per heavy atom. The fourth-order valence-corrected chi connectivity index (χ4v) is 3.43. The topological polar surface area (TPSA) is 32.3 Å². The maximum atomic E-state index is 12.7. The monoisotopic (exact) mass is 300 g/mol. The molecule has 0 saturated heterocycles. The van der Waals surface area contributed by atoms with Gasteiger partial charge in [0.15, 0.2) is 0 Å². The summed E-state index contributed by atoms with van der Waals surface area (Å²) in [5, 5.41) is 5.42. The Labute approximate surface area is 129 Å². The standard InChI is InChI=1S/C17H20N2OS/c1-2-19(12-16-4-3-9-21-16)17(20)14-6-5-13-7-8-18-11-15(13)10-14/h3-6,9-10,18H,2,7-8,11-12H2,1H3. The molecule has 110 valence electrons. The van der Waals surface area contributed by atoms with Gasteiger partial charge in [0.25, 0.3) is 5.91 Å². The summed E-state index contributed by atoms with van der Waals surface area (Å²) in [7, 11) is 0. The number of amides is 1. The Kier molecular flexibility index (Phi) is 4.36. The van der Waals surface area contributed by atoms with E-state index in [1.807, 2.05) is 24.0 Å². The second kappa shape index (κ2) is 6.41. The number of fused-ring (bicyclic) bond motifs is 1. The van der Waals surface area contributed by atoms with Gasteiger partial charge in [0.05, 0.1) is 6.54 Å². The fraction of sp³-hybridized carbons (Fsp3) is 0.353. The average Bonchev–Trinajstić information content (AvgIpc) is 3.04. The quantitative estimate of drug-likeness (QED) is 0.941. The number of thiophene rings is 1. The summed E-state index contributed by atoms with van der Waals surface area (Å²) in [5.41, 5.74) is 3.43. The van der Waals surface area contributed by atoms with Gasteiger partial charge >= 0.3 is 0 Å². The second-order valence-corrected chi connectivity index (χ2v) is 6.34. The molecule has 1 amide bonds. The molecule has 2 aromatic rings. The van der Waals surface area contributed by atoms with Crippen LogP contribution in [-0.4, -0.2) is 23.9 Å². The second-order valence-electron chi connectivity index (χ2n) is 5.31. The summed E-state index contributed by atoms with van der Waals surface area (Å²) in [6, 6.07) is 10.3. The molecule has 2 heterocycles. The van der Waals surface area contributed by atoms with E-state index < -0.39 is 0 Å². The molecule has 4 heteroatoms. The summed E-state index contributed by atoms with van der Waals surface area (Å²) in [5.74, 6) is 0.124. The molecule has 0 atom stereocenters. The van der Waals surface area contributed by atoms with Crippen LogP contribution in [0.15, 0.2) is 35.7 Å². The highest BCUT2D eigenvalue weighted by molar-refractivity contribution is 7.09. The average molecular weight is 300 g/mol. The SMILES string of the molecule is CCN(Cc1cccs1)C(=O)c1ccc2c(c1)CNCC2. The van der Waals surface area contributed by atoms with Crippen LogP contribution < -0.4 is 5.32 Å². The highest BCUT2D eigenvalue weighted by Crippen LogP contribution is 2.19. The van der Waals surface area contributed by atoms with Crippen LogP contribution in [-0.2, 0) is 19.5 Å². The molecule has 0 unspecified atom stereocenters. The molecule has 0 fully saturated rings. The van der Waals surface area contributed by atoms with Crippen LogP contribution in [0.4, 0.5) is 0 Å². The number of benzene rings is 1. The molecule has 21 heavy (non-hydrogen) atoms. The van der Waals surface area contributed by atoms with Crippen LogP contribution in [0.5, 0.6) is 0 Å². The van der Waals surface area contributed by atoms with Gasteiger partial charge in [0.1, 0.15) is 0 Å². The third-order valence-electron chi connectivity index (χ3n) is 3.94. The van der Waals surface area contributed by atoms with Crippen LogP contribution in [0.1, 0.15) is 33.3 Å². The number of rotatable bonds is 4. The molecule has 1 N–H and O–H groups in total. The zero-order valence-electron chi connectivity index (χ0n) is 12.3. The summed E-state index contributed by atoms with van der Waals surface area (Å²) in [6.45, 7) is 5.35. The number of carbonyl (C=O) groups is 1. The maximum Gasteiger partial charge on any atom is 0.254 e. The van der Waals surface area contributed by atoms with Crippen LogP contribution in [0.25, 0.3) is 0 Å². The Hall–Kier alpha value is -1.65. The van der Waals surface area contributed by atoms with Crippen LogP contribution in [0.3, 0.4) is 0 Å². The highest BCUT2D eigenvalue weighted by Gasteiger charge is 2.17. The largest absolute Gasteiger partial charge is 0.334 e. The van der Waals surface area contributed by atoms with Crippen molar-refractivity contribution < 1.29 is 4.79 Å². The van der Waals surface area contributed by atoms with E-state index in [0.717, 1.165) is 31.6 Å².